The summed E-state index contributed by atoms with van der Waals surface area (Å²) in [6, 6.07) is 8.94. The molecule has 112 valence electrons. The number of hydrogen-bond donors (Lipinski definition) is 1. The van der Waals surface area contributed by atoms with Gasteiger partial charge < -0.3 is 15.0 Å². The molecule has 0 aromatic heterocycles. The van der Waals surface area contributed by atoms with Crippen LogP contribution < -0.4 is 10.2 Å². The Morgan fingerprint density at radius 2 is 2.05 bits per heavy atom. The summed E-state index contributed by atoms with van der Waals surface area (Å²) in [5, 5.41) is 3.44. The Balaban J connectivity index is 1.88. The fraction of sp³-hybridized carbons (Fsp3) is 0.647. The number of nitrogens with zero attached hydrogens (tertiary/aromatic N) is 1. The lowest BCUT2D eigenvalue weighted by Crippen LogP contribution is -2.31. The molecule has 1 aliphatic rings. The smallest absolute Gasteiger partial charge is 0.0750 e. The molecule has 3 nitrogen and oxygen atoms in total. The zero-order valence-electron chi connectivity index (χ0n) is 12.9. The zero-order valence-corrected chi connectivity index (χ0v) is 12.9. The topological polar surface area (TPSA) is 24.5 Å². The summed E-state index contributed by atoms with van der Waals surface area (Å²) in [6.45, 7) is 9.45. The third-order valence-electron chi connectivity index (χ3n) is 3.89. The Morgan fingerprint density at radius 3 is 2.65 bits per heavy atom. The molecule has 0 radical (unpaired) electrons. The van der Waals surface area contributed by atoms with E-state index in [0.29, 0.717) is 6.10 Å². The molecular weight excluding hydrogens is 248 g/mol. The van der Waals surface area contributed by atoms with E-state index in [1.54, 1.807) is 0 Å². The lowest BCUT2D eigenvalue weighted by Gasteiger charge is -2.26. The van der Waals surface area contributed by atoms with E-state index in [1.807, 2.05) is 0 Å². The van der Waals surface area contributed by atoms with E-state index in [2.05, 4.69) is 48.3 Å². The average molecular weight is 276 g/mol. The van der Waals surface area contributed by atoms with Gasteiger partial charge in [0.05, 0.1) is 6.10 Å². The molecule has 1 aromatic carbocycles. The van der Waals surface area contributed by atoms with Gasteiger partial charge in [0.15, 0.2) is 0 Å². The van der Waals surface area contributed by atoms with Crippen LogP contribution >= 0.6 is 0 Å². The molecule has 0 bridgehead atoms. The Hall–Kier alpha value is -1.06. The lowest BCUT2D eigenvalue weighted by molar-refractivity contribution is 0.115. The van der Waals surface area contributed by atoms with Gasteiger partial charge in [0.25, 0.3) is 0 Å². The van der Waals surface area contributed by atoms with Crippen LogP contribution in [0.5, 0.6) is 0 Å². The highest BCUT2D eigenvalue weighted by Gasteiger charge is 2.18. The molecule has 3 heteroatoms. The molecule has 20 heavy (non-hydrogen) atoms. The van der Waals surface area contributed by atoms with Gasteiger partial charge in [0.2, 0.25) is 0 Å². The second-order valence-corrected chi connectivity index (χ2v) is 5.52. The van der Waals surface area contributed by atoms with Crippen molar-refractivity contribution in [3.63, 3.8) is 0 Å². The van der Waals surface area contributed by atoms with E-state index in [4.69, 9.17) is 4.74 Å². The molecular formula is C17H28N2O. The molecule has 1 aliphatic heterocycles. The van der Waals surface area contributed by atoms with Crippen LogP contribution in [0.4, 0.5) is 5.69 Å². The molecule has 0 spiro atoms. The molecule has 0 saturated carbocycles. The number of anilines is 1. The van der Waals surface area contributed by atoms with Crippen molar-refractivity contribution in [1.29, 1.82) is 0 Å². The summed E-state index contributed by atoms with van der Waals surface area (Å²) in [6.07, 6.45) is 4.02. The van der Waals surface area contributed by atoms with Crippen LogP contribution in [0.2, 0.25) is 0 Å². The van der Waals surface area contributed by atoms with Crippen LogP contribution in [0.3, 0.4) is 0 Å². The maximum atomic E-state index is 5.74. The first kappa shape index (κ1) is 15.3. The molecule has 2 rings (SSSR count). The largest absolute Gasteiger partial charge is 0.376 e. The maximum Gasteiger partial charge on any atom is 0.0750 e. The van der Waals surface area contributed by atoms with Gasteiger partial charge in [-0.25, -0.2) is 0 Å². The molecule has 1 N–H and O–H groups in total. The van der Waals surface area contributed by atoms with Gasteiger partial charge in [-0.1, -0.05) is 19.1 Å². The standard InChI is InChI=1S/C17H28N2O/c1-3-11-18-13-15-7-9-16(10-8-15)19(4-2)14-17-6-5-12-20-17/h7-10,17-18H,3-6,11-14H2,1-2H3. The minimum Gasteiger partial charge on any atom is -0.376 e. The summed E-state index contributed by atoms with van der Waals surface area (Å²) in [5.41, 5.74) is 2.66. The first-order valence-electron chi connectivity index (χ1n) is 7.99. The Bertz CT molecular complexity index is 371. The predicted octanol–water partition coefficient (Wildman–Crippen LogP) is 3.19. The normalized spacial score (nSPS) is 18.4. The third kappa shape index (κ3) is 4.50. The average Bonchev–Trinajstić information content (AvgIpc) is 2.99. The van der Waals surface area contributed by atoms with E-state index in [-0.39, 0.29) is 0 Å². The summed E-state index contributed by atoms with van der Waals surface area (Å²) >= 11 is 0. The highest BCUT2D eigenvalue weighted by atomic mass is 16.5. The minimum atomic E-state index is 0.417. The van der Waals surface area contributed by atoms with Crippen molar-refractivity contribution in [1.82, 2.24) is 5.32 Å². The van der Waals surface area contributed by atoms with Gasteiger partial charge in [-0.3, -0.25) is 0 Å². The van der Waals surface area contributed by atoms with Crippen molar-refractivity contribution in [2.75, 3.05) is 31.1 Å². The van der Waals surface area contributed by atoms with Crippen molar-refractivity contribution < 1.29 is 4.74 Å². The maximum absolute atomic E-state index is 5.74. The van der Waals surface area contributed by atoms with Gasteiger partial charge in [-0.15, -0.1) is 0 Å². The fourth-order valence-electron chi connectivity index (χ4n) is 2.69. The Labute approximate surface area is 123 Å². The number of ether oxygens (including phenoxy) is 1. The quantitative estimate of drug-likeness (QED) is 0.738. The minimum absolute atomic E-state index is 0.417. The van der Waals surface area contributed by atoms with Crippen LogP contribution in [0, 0.1) is 0 Å². The molecule has 0 amide bonds. The van der Waals surface area contributed by atoms with Crippen molar-refractivity contribution in [2.24, 2.45) is 0 Å². The molecule has 1 unspecified atom stereocenters. The molecule has 1 heterocycles. The molecule has 1 saturated heterocycles. The second kappa shape index (κ2) is 8.28. The van der Waals surface area contributed by atoms with Gasteiger partial charge in [0, 0.05) is 31.9 Å². The van der Waals surface area contributed by atoms with Crippen LogP contribution in [0.25, 0.3) is 0 Å². The van der Waals surface area contributed by atoms with E-state index in [1.165, 1.54) is 30.5 Å². The summed E-state index contributed by atoms with van der Waals surface area (Å²) < 4.78 is 5.74. The first-order chi connectivity index (χ1) is 9.83. The van der Waals surface area contributed by atoms with E-state index in [9.17, 15) is 0 Å². The molecule has 0 aliphatic carbocycles. The Kier molecular flexibility index (Phi) is 6.34. The number of likely N-dealkylation sites (N-methyl/N-ethyl adjacent to an activating group) is 1. The van der Waals surface area contributed by atoms with Gasteiger partial charge in [-0.05, 0) is 50.4 Å². The van der Waals surface area contributed by atoms with Crippen molar-refractivity contribution in [3.8, 4) is 0 Å². The molecule has 1 fully saturated rings. The monoisotopic (exact) mass is 276 g/mol. The van der Waals surface area contributed by atoms with E-state index >= 15 is 0 Å². The summed E-state index contributed by atoms with van der Waals surface area (Å²) in [4.78, 5) is 2.42. The highest BCUT2D eigenvalue weighted by molar-refractivity contribution is 5.47. The molecule has 1 atom stereocenters. The van der Waals surface area contributed by atoms with Crippen molar-refractivity contribution in [3.05, 3.63) is 29.8 Å². The number of hydrogen-bond acceptors (Lipinski definition) is 3. The van der Waals surface area contributed by atoms with Crippen LogP contribution in [0.15, 0.2) is 24.3 Å². The molecule has 1 aromatic rings. The number of rotatable bonds is 8. The lowest BCUT2D eigenvalue weighted by atomic mass is 10.1. The van der Waals surface area contributed by atoms with Gasteiger partial charge >= 0.3 is 0 Å². The van der Waals surface area contributed by atoms with Gasteiger partial charge in [-0.2, -0.15) is 0 Å². The number of nitrogens with one attached hydrogen (secondary N) is 1. The Morgan fingerprint density at radius 1 is 1.25 bits per heavy atom. The summed E-state index contributed by atoms with van der Waals surface area (Å²) in [7, 11) is 0. The SMILES string of the molecule is CCCNCc1ccc(N(CC)CC2CCCO2)cc1. The van der Waals surface area contributed by atoms with Crippen molar-refractivity contribution in [2.45, 2.75) is 45.8 Å². The summed E-state index contributed by atoms with van der Waals surface area (Å²) in [5.74, 6) is 0. The zero-order chi connectivity index (χ0) is 14.2. The predicted molar refractivity (Wildman–Crippen MR) is 85.3 cm³/mol. The van der Waals surface area contributed by atoms with Crippen LogP contribution in [-0.2, 0) is 11.3 Å². The van der Waals surface area contributed by atoms with Crippen LogP contribution in [-0.4, -0.2) is 32.3 Å². The van der Waals surface area contributed by atoms with Crippen LogP contribution in [0.1, 0.15) is 38.7 Å². The second-order valence-electron chi connectivity index (χ2n) is 5.52. The first-order valence-corrected chi connectivity index (χ1v) is 7.99. The third-order valence-corrected chi connectivity index (χ3v) is 3.89. The number of benzene rings is 1. The van der Waals surface area contributed by atoms with Gasteiger partial charge in [0.1, 0.15) is 0 Å². The van der Waals surface area contributed by atoms with Crippen molar-refractivity contribution >= 4 is 5.69 Å². The van der Waals surface area contributed by atoms with E-state index < -0.39 is 0 Å². The highest BCUT2D eigenvalue weighted by Crippen LogP contribution is 2.19. The fourth-order valence-corrected chi connectivity index (χ4v) is 2.69. The van der Waals surface area contributed by atoms with E-state index in [0.717, 1.165) is 32.8 Å².